The summed E-state index contributed by atoms with van der Waals surface area (Å²) in [5.74, 6) is 0.922. The molecule has 19 heavy (non-hydrogen) atoms. The van der Waals surface area contributed by atoms with Gasteiger partial charge < -0.3 is 9.30 Å². The van der Waals surface area contributed by atoms with Gasteiger partial charge in [0.2, 0.25) is 0 Å². The molecule has 2 aromatic heterocycles. The molecule has 2 heterocycles. The fourth-order valence-corrected chi connectivity index (χ4v) is 2.24. The minimum atomic E-state index is 0.695. The van der Waals surface area contributed by atoms with E-state index in [2.05, 4.69) is 33.9 Å². The van der Waals surface area contributed by atoms with Gasteiger partial charge in [-0.1, -0.05) is 6.07 Å². The third-order valence-corrected chi connectivity index (χ3v) is 3.11. The second-order valence-electron chi connectivity index (χ2n) is 4.42. The van der Waals surface area contributed by atoms with Gasteiger partial charge >= 0.3 is 0 Å². The van der Waals surface area contributed by atoms with E-state index in [-0.39, 0.29) is 0 Å². The number of hydrogen-bond acceptors (Lipinski definition) is 2. The lowest BCUT2D eigenvalue weighted by atomic mass is 10.2. The Labute approximate surface area is 112 Å². The van der Waals surface area contributed by atoms with E-state index in [1.807, 2.05) is 37.4 Å². The normalized spacial score (nSPS) is 10.8. The van der Waals surface area contributed by atoms with Crippen LogP contribution in [-0.4, -0.2) is 16.2 Å². The molecule has 0 spiro atoms. The van der Waals surface area contributed by atoms with Gasteiger partial charge in [-0.05, 0) is 43.3 Å². The van der Waals surface area contributed by atoms with Crippen LogP contribution < -0.4 is 4.74 Å². The monoisotopic (exact) mass is 252 g/mol. The van der Waals surface area contributed by atoms with Crippen molar-refractivity contribution in [2.45, 2.75) is 13.5 Å². The molecular formula is C16H16N2O. The lowest BCUT2D eigenvalue weighted by molar-refractivity contribution is 0.340. The number of aromatic nitrogens is 2. The Bertz CT molecular complexity index is 674. The Hall–Kier alpha value is -2.29. The van der Waals surface area contributed by atoms with Gasteiger partial charge in [0.25, 0.3) is 0 Å². The van der Waals surface area contributed by atoms with Crippen molar-refractivity contribution in [3.63, 3.8) is 0 Å². The van der Waals surface area contributed by atoms with Gasteiger partial charge in [0.15, 0.2) is 0 Å². The third kappa shape index (κ3) is 2.45. The van der Waals surface area contributed by atoms with Crippen LogP contribution in [0, 0.1) is 0 Å². The molecule has 0 aliphatic carbocycles. The number of hydrogen-bond donors (Lipinski definition) is 0. The van der Waals surface area contributed by atoms with Gasteiger partial charge in [-0.25, -0.2) is 0 Å². The molecule has 0 radical (unpaired) electrons. The van der Waals surface area contributed by atoms with Crippen LogP contribution >= 0.6 is 0 Å². The van der Waals surface area contributed by atoms with Crippen LogP contribution in [0.2, 0.25) is 0 Å². The molecule has 3 aromatic rings. The Kier molecular flexibility index (Phi) is 3.19. The van der Waals surface area contributed by atoms with E-state index in [1.165, 1.54) is 10.9 Å². The van der Waals surface area contributed by atoms with E-state index < -0.39 is 0 Å². The number of fused-ring (bicyclic) bond motifs is 1. The highest BCUT2D eigenvalue weighted by Gasteiger charge is 2.03. The molecule has 0 atom stereocenters. The molecule has 3 nitrogen and oxygen atoms in total. The Morgan fingerprint density at radius 3 is 2.89 bits per heavy atom. The Morgan fingerprint density at radius 2 is 2.11 bits per heavy atom. The van der Waals surface area contributed by atoms with Crippen LogP contribution in [0.1, 0.15) is 12.6 Å². The van der Waals surface area contributed by atoms with Gasteiger partial charge in [0.05, 0.1) is 18.8 Å². The molecule has 0 N–H and O–H groups in total. The average molecular weight is 252 g/mol. The summed E-state index contributed by atoms with van der Waals surface area (Å²) >= 11 is 0. The lowest BCUT2D eigenvalue weighted by Gasteiger charge is -2.06. The zero-order valence-corrected chi connectivity index (χ0v) is 10.9. The Morgan fingerprint density at radius 1 is 1.16 bits per heavy atom. The van der Waals surface area contributed by atoms with Gasteiger partial charge in [-0.15, -0.1) is 0 Å². The summed E-state index contributed by atoms with van der Waals surface area (Å²) < 4.78 is 7.72. The maximum atomic E-state index is 5.52. The molecule has 0 saturated heterocycles. The SMILES string of the molecule is CCOc1ccc2c(ccn2Cc2ccccn2)c1. The maximum absolute atomic E-state index is 5.52. The molecule has 0 unspecified atom stereocenters. The minimum absolute atomic E-state index is 0.695. The fourth-order valence-electron chi connectivity index (χ4n) is 2.24. The zero-order valence-electron chi connectivity index (χ0n) is 10.9. The van der Waals surface area contributed by atoms with Crippen LogP contribution in [0.25, 0.3) is 10.9 Å². The lowest BCUT2D eigenvalue weighted by Crippen LogP contribution is -1.99. The molecule has 0 amide bonds. The van der Waals surface area contributed by atoms with Crippen LogP contribution in [-0.2, 0) is 6.54 Å². The first-order chi connectivity index (χ1) is 9.36. The summed E-state index contributed by atoms with van der Waals surface area (Å²) in [6.45, 7) is 3.48. The predicted octanol–water partition coefficient (Wildman–Crippen LogP) is 3.48. The molecule has 0 aliphatic rings. The van der Waals surface area contributed by atoms with Crippen molar-refractivity contribution in [3.8, 4) is 5.75 Å². The molecular weight excluding hydrogens is 236 g/mol. The summed E-state index contributed by atoms with van der Waals surface area (Å²) in [4.78, 5) is 4.36. The number of ether oxygens (including phenoxy) is 1. The predicted molar refractivity (Wildman–Crippen MR) is 76.4 cm³/mol. The van der Waals surface area contributed by atoms with E-state index in [9.17, 15) is 0 Å². The number of benzene rings is 1. The molecule has 3 rings (SSSR count). The van der Waals surface area contributed by atoms with Crippen LogP contribution in [0.4, 0.5) is 0 Å². The number of nitrogens with zero attached hydrogens (tertiary/aromatic N) is 2. The van der Waals surface area contributed by atoms with Gasteiger partial charge in [0.1, 0.15) is 5.75 Å². The van der Waals surface area contributed by atoms with Crippen molar-refractivity contribution in [1.82, 2.24) is 9.55 Å². The molecule has 0 fully saturated rings. The highest BCUT2D eigenvalue weighted by molar-refractivity contribution is 5.81. The first-order valence-electron chi connectivity index (χ1n) is 6.48. The van der Waals surface area contributed by atoms with Gasteiger partial charge in [-0.2, -0.15) is 0 Å². The van der Waals surface area contributed by atoms with Gasteiger partial charge in [-0.3, -0.25) is 4.98 Å². The van der Waals surface area contributed by atoms with E-state index >= 15 is 0 Å². The third-order valence-electron chi connectivity index (χ3n) is 3.11. The minimum Gasteiger partial charge on any atom is -0.494 e. The van der Waals surface area contributed by atoms with E-state index in [0.29, 0.717) is 6.61 Å². The van der Waals surface area contributed by atoms with Crippen molar-refractivity contribution < 1.29 is 4.74 Å². The Balaban J connectivity index is 1.93. The van der Waals surface area contributed by atoms with Gasteiger partial charge in [0, 0.05) is 23.3 Å². The molecule has 0 saturated carbocycles. The molecule has 1 aromatic carbocycles. The molecule has 0 bridgehead atoms. The number of rotatable bonds is 4. The number of pyridine rings is 1. The topological polar surface area (TPSA) is 27.1 Å². The van der Waals surface area contributed by atoms with E-state index in [1.54, 1.807) is 0 Å². The van der Waals surface area contributed by atoms with Crippen molar-refractivity contribution in [2.75, 3.05) is 6.61 Å². The molecule has 96 valence electrons. The first kappa shape index (κ1) is 11.8. The largest absolute Gasteiger partial charge is 0.494 e. The quantitative estimate of drug-likeness (QED) is 0.710. The standard InChI is InChI=1S/C16H16N2O/c1-2-19-15-6-7-16-13(11-15)8-10-18(16)12-14-5-3-4-9-17-14/h3-11H,2,12H2,1H3. The molecule has 3 heteroatoms. The first-order valence-corrected chi connectivity index (χ1v) is 6.48. The summed E-state index contributed by atoms with van der Waals surface area (Å²) in [5, 5.41) is 1.20. The summed E-state index contributed by atoms with van der Waals surface area (Å²) in [5.41, 5.74) is 2.27. The van der Waals surface area contributed by atoms with Crippen LogP contribution in [0.3, 0.4) is 0 Å². The second-order valence-corrected chi connectivity index (χ2v) is 4.42. The smallest absolute Gasteiger partial charge is 0.120 e. The van der Waals surface area contributed by atoms with E-state index in [0.717, 1.165) is 18.0 Å². The average Bonchev–Trinajstić information content (AvgIpc) is 2.83. The van der Waals surface area contributed by atoms with Crippen LogP contribution in [0.15, 0.2) is 54.9 Å². The highest BCUT2D eigenvalue weighted by atomic mass is 16.5. The molecule has 0 aliphatic heterocycles. The maximum Gasteiger partial charge on any atom is 0.120 e. The fraction of sp³-hybridized carbons (Fsp3) is 0.188. The van der Waals surface area contributed by atoms with Crippen molar-refractivity contribution >= 4 is 10.9 Å². The van der Waals surface area contributed by atoms with Crippen LogP contribution in [0.5, 0.6) is 5.75 Å². The zero-order chi connectivity index (χ0) is 13.1. The second kappa shape index (κ2) is 5.14. The van der Waals surface area contributed by atoms with Crippen molar-refractivity contribution in [3.05, 3.63) is 60.6 Å². The van der Waals surface area contributed by atoms with E-state index in [4.69, 9.17) is 4.74 Å². The summed E-state index contributed by atoms with van der Waals surface area (Å²) in [6.07, 6.45) is 3.92. The summed E-state index contributed by atoms with van der Waals surface area (Å²) in [6, 6.07) is 14.3. The van der Waals surface area contributed by atoms with Crippen molar-refractivity contribution in [1.29, 1.82) is 0 Å². The van der Waals surface area contributed by atoms with Crippen molar-refractivity contribution in [2.24, 2.45) is 0 Å². The summed E-state index contributed by atoms with van der Waals surface area (Å²) in [7, 11) is 0. The highest BCUT2D eigenvalue weighted by Crippen LogP contribution is 2.22.